The van der Waals surface area contributed by atoms with E-state index in [0.29, 0.717) is 30.8 Å². The average molecular weight is 299 g/mol. The van der Waals surface area contributed by atoms with Gasteiger partial charge in [0.2, 0.25) is 0 Å². The van der Waals surface area contributed by atoms with Gasteiger partial charge in [0.05, 0.1) is 11.9 Å². The monoisotopic (exact) mass is 299 g/mol. The van der Waals surface area contributed by atoms with Crippen molar-refractivity contribution in [1.82, 2.24) is 24.8 Å². The average Bonchev–Trinajstić information content (AvgIpc) is 2.99. The largest absolute Gasteiger partial charge is 0.382 e. The second-order valence-electron chi connectivity index (χ2n) is 4.80. The summed E-state index contributed by atoms with van der Waals surface area (Å²) in [5.74, 6) is 0. The molecule has 0 aliphatic carbocycles. The van der Waals surface area contributed by atoms with E-state index in [-0.39, 0.29) is 5.56 Å². The Morgan fingerprint density at radius 2 is 2.05 bits per heavy atom. The van der Waals surface area contributed by atoms with Gasteiger partial charge in [-0.1, -0.05) is 23.4 Å². The molecule has 0 atom stereocenters. The SMILES string of the molecule is CCOCCCn1nnc2c(cnn2-c2ccccc2)c1=O. The number of fused-ring (bicyclic) bond motifs is 1. The van der Waals surface area contributed by atoms with E-state index in [2.05, 4.69) is 15.4 Å². The topological polar surface area (TPSA) is 74.8 Å². The minimum Gasteiger partial charge on any atom is -0.382 e. The number of para-hydroxylation sites is 1. The minimum atomic E-state index is -0.177. The summed E-state index contributed by atoms with van der Waals surface area (Å²) >= 11 is 0. The molecule has 3 aromatic rings. The summed E-state index contributed by atoms with van der Waals surface area (Å²) in [7, 11) is 0. The van der Waals surface area contributed by atoms with Crippen LogP contribution in [0.1, 0.15) is 13.3 Å². The highest BCUT2D eigenvalue weighted by atomic mass is 16.5. The minimum absolute atomic E-state index is 0.177. The highest BCUT2D eigenvalue weighted by molar-refractivity contribution is 5.74. The third-order valence-electron chi connectivity index (χ3n) is 3.32. The molecule has 7 nitrogen and oxygen atoms in total. The number of hydrogen-bond acceptors (Lipinski definition) is 5. The third kappa shape index (κ3) is 2.75. The third-order valence-corrected chi connectivity index (χ3v) is 3.32. The molecule has 0 aliphatic rings. The summed E-state index contributed by atoms with van der Waals surface area (Å²) in [5.41, 5.74) is 1.14. The van der Waals surface area contributed by atoms with Gasteiger partial charge in [0, 0.05) is 19.8 Å². The first-order valence-corrected chi connectivity index (χ1v) is 7.26. The highest BCUT2D eigenvalue weighted by Crippen LogP contribution is 2.12. The molecule has 0 aliphatic heterocycles. The summed E-state index contributed by atoms with van der Waals surface area (Å²) in [4.78, 5) is 12.4. The van der Waals surface area contributed by atoms with Crippen LogP contribution in [0.2, 0.25) is 0 Å². The van der Waals surface area contributed by atoms with E-state index in [4.69, 9.17) is 4.74 Å². The summed E-state index contributed by atoms with van der Waals surface area (Å²) in [6.45, 7) is 3.70. The molecule has 0 N–H and O–H groups in total. The van der Waals surface area contributed by atoms with Gasteiger partial charge in [-0.3, -0.25) is 4.79 Å². The Morgan fingerprint density at radius 3 is 2.82 bits per heavy atom. The van der Waals surface area contributed by atoms with Crippen LogP contribution < -0.4 is 5.56 Å². The molecule has 0 unspecified atom stereocenters. The first-order chi connectivity index (χ1) is 10.8. The Hall–Kier alpha value is -2.54. The van der Waals surface area contributed by atoms with Gasteiger partial charge in [-0.2, -0.15) is 5.10 Å². The molecule has 0 saturated heterocycles. The zero-order chi connectivity index (χ0) is 15.4. The molecule has 3 rings (SSSR count). The van der Waals surface area contributed by atoms with E-state index in [1.54, 1.807) is 10.9 Å². The number of hydrogen-bond donors (Lipinski definition) is 0. The quantitative estimate of drug-likeness (QED) is 0.643. The molecule has 22 heavy (non-hydrogen) atoms. The number of aromatic nitrogens is 5. The lowest BCUT2D eigenvalue weighted by Gasteiger charge is -2.05. The van der Waals surface area contributed by atoms with E-state index in [0.717, 1.165) is 12.1 Å². The van der Waals surface area contributed by atoms with Gasteiger partial charge in [0.1, 0.15) is 5.39 Å². The van der Waals surface area contributed by atoms with Crippen LogP contribution in [-0.4, -0.2) is 38.0 Å². The maximum Gasteiger partial charge on any atom is 0.280 e. The predicted molar refractivity (Wildman–Crippen MR) is 82.0 cm³/mol. The maximum absolute atomic E-state index is 12.4. The fourth-order valence-corrected chi connectivity index (χ4v) is 2.23. The molecule has 114 valence electrons. The van der Waals surface area contributed by atoms with Crippen molar-refractivity contribution in [3.05, 3.63) is 46.9 Å². The Kier molecular flexibility index (Phi) is 4.24. The van der Waals surface area contributed by atoms with Crippen molar-refractivity contribution in [3.63, 3.8) is 0 Å². The molecule has 0 amide bonds. The van der Waals surface area contributed by atoms with Gasteiger partial charge in [-0.25, -0.2) is 9.36 Å². The molecular weight excluding hydrogens is 282 g/mol. The normalized spacial score (nSPS) is 11.1. The molecule has 0 bridgehead atoms. The van der Waals surface area contributed by atoms with Gasteiger partial charge in [0.25, 0.3) is 5.56 Å². The Morgan fingerprint density at radius 1 is 1.23 bits per heavy atom. The van der Waals surface area contributed by atoms with E-state index in [1.807, 2.05) is 37.3 Å². The lowest BCUT2D eigenvalue weighted by atomic mass is 10.3. The molecule has 0 saturated carbocycles. The van der Waals surface area contributed by atoms with Crippen LogP contribution in [0.5, 0.6) is 0 Å². The number of benzene rings is 1. The van der Waals surface area contributed by atoms with Crippen LogP contribution in [0, 0.1) is 0 Å². The van der Waals surface area contributed by atoms with Crippen molar-refractivity contribution in [3.8, 4) is 5.69 Å². The van der Waals surface area contributed by atoms with Crippen molar-refractivity contribution < 1.29 is 4.74 Å². The van der Waals surface area contributed by atoms with E-state index < -0.39 is 0 Å². The fraction of sp³-hybridized carbons (Fsp3) is 0.333. The van der Waals surface area contributed by atoms with Gasteiger partial charge in [-0.15, -0.1) is 5.10 Å². The van der Waals surface area contributed by atoms with Crippen LogP contribution >= 0.6 is 0 Å². The Balaban J connectivity index is 1.91. The van der Waals surface area contributed by atoms with Gasteiger partial charge in [0.15, 0.2) is 5.65 Å². The first-order valence-electron chi connectivity index (χ1n) is 7.26. The van der Waals surface area contributed by atoms with Gasteiger partial charge < -0.3 is 4.74 Å². The van der Waals surface area contributed by atoms with Crippen LogP contribution in [0.3, 0.4) is 0 Å². The lowest BCUT2D eigenvalue weighted by molar-refractivity contribution is 0.140. The second-order valence-corrected chi connectivity index (χ2v) is 4.80. The predicted octanol–water partition coefficient (Wildman–Crippen LogP) is 1.40. The van der Waals surface area contributed by atoms with E-state index in [9.17, 15) is 4.79 Å². The molecule has 0 radical (unpaired) electrons. The summed E-state index contributed by atoms with van der Waals surface area (Å²) in [5, 5.41) is 12.9. The smallest absolute Gasteiger partial charge is 0.280 e. The van der Waals surface area contributed by atoms with Gasteiger partial charge in [-0.05, 0) is 25.5 Å². The molecule has 2 aromatic heterocycles. The molecule has 1 aromatic carbocycles. The number of ether oxygens (including phenoxy) is 1. The summed E-state index contributed by atoms with van der Waals surface area (Å²) in [6, 6.07) is 9.55. The van der Waals surface area contributed by atoms with Crippen molar-refractivity contribution in [2.75, 3.05) is 13.2 Å². The van der Waals surface area contributed by atoms with Crippen molar-refractivity contribution in [1.29, 1.82) is 0 Å². The van der Waals surface area contributed by atoms with Crippen molar-refractivity contribution in [2.24, 2.45) is 0 Å². The molecule has 2 heterocycles. The van der Waals surface area contributed by atoms with E-state index >= 15 is 0 Å². The van der Waals surface area contributed by atoms with Crippen LogP contribution in [0.4, 0.5) is 0 Å². The fourth-order valence-electron chi connectivity index (χ4n) is 2.23. The highest BCUT2D eigenvalue weighted by Gasteiger charge is 2.12. The standard InChI is InChI=1S/C15H17N5O2/c1-2-22-10-6-9-19-15(21)13-11-16-20(14(13)17-18-19)12-7-4-3-5-8-12/h3-5,7-8,11H,2,6,9-10H2,1H3. The maximum atomic E-state index is 12.4. The zero-order valence-electron chi connectivity index (χ0n) is 12.3. The van der Waals surface area contributed by atoms with Crippen LogP contribution in [-0.2, 0) is 11.3 Å². The number of nitrogens with zero attached hydrogens (tertiary/aromatic N) is 5. The summed E-state index contributed by atoms with van der Waals surface area (Å²) in [6.07, 6.45) is 2.26. The molecule has 0 spiro atoms. The van der Waals surface area contributed by atoms with Crippen LogP contribution in [0.25, 0.3) is 16.7 Å². The van der Waals surface area contributed by atoms with Crippen molar-refractivity contribution in [2.45, 2.75) is 19.9 Å². The zero-order valence-corrected chi connectivity index (χ0v) is 12.3. The number of aryl methyl sites for hydroxylation is 1. The molecule has 0 fully saturated rings. The first kappa shape index (κ1) is 14.4. The summed E-state index contributed by atoms with van der Waals surface area (Å²) < 4.78 is 8.24. The van der Waals surface area contributed by atoms with Crippen molar-refractivity contribution >= 4 is 11.0 Å². The Labute approximate surface area is 127 Å². The lowest BCUT2D eigenvalue weighted by Crippen LogP contribution is -2.25. The van der Waals surface area contributed by atoms with Gasteiger partial charge >= 0.3 is 0 Å². The van der Waals surface area contributed by atoms with E-state index in [1.165, 1.54) is 4.68 Å². The molecular formula is C15H17N5O2. The Bertz CT molecular complexity index is 810. The second kappa shape index (κ2) is 6.48. The molecule has 7 heteroatoms. The van der Waals surface area contributed by atoms with Crippen LogP contribution in [0.15, 0.2) is 41.3 Å². The number of rotatable bonds is 6.